The molecule has 0 radical (unpaired) electrons. The molecule has 4 heteroatoms. The largest absolute Gasteiger partial charge is 0.352 e. The first-order valence-electron chi connectivity index (χ1n) is 9.38. The van der Waals surface area contributed by atoms with Gasteiger partial charge in [-0.15, -0.1) is 0 Å². The van der Waals surface area contributed by atoms with Crippen LogP contribution in [0.4, 0.5) is 0 Å². The average Bonchev–Trinajstić information content (AvgIpc) is 3.19. The number of nitrogens with one attached hydrogen (secondary N) is 2. The topological polar surface area (TPSA) is 58.2 Å². The lowest BCUT2D eigenvalue weighted by Gasteiger charge is -2.18. The quantitative estimate of drug-likeness (QED) is 0.804. The summed E-state index contributed by atoms with van der Waals surface area (Å²) in [4.78, 5) is 24.5. The molecule has 3 rings (SSSR count). The van der Waals surface area contributed by atoms with Gasteiger partial charge in [-0.25, -0.2) is 0 Å². The summed E-state index contributed by atoms with van der Waals surface area (Å²) in [6, 6.07) is 20.3. The zero-order valence-electron chi connectivity index (χ0n) is 15.0. The summed E-state index contributed by atoms with van der Waals surface area (Å²) in [5.41, 5.74) is 2.20. The van der Waals surface area contributed by atoms with Crippen LogP contribution in [0.5, 0.6) is 0 Å². The van der Waals surface area contributed by atoms with Gasteiger partial charge in [0.25, 0.3) is 0 Å². The fourth-order valence-corrected chi connectivity index (χ4v) is 3.58. The molecule has 2 aromatic rings. The van der Waals surface area contributed by atoms with Gasteiger partial charge in [0.1, 0.15) is 0 Å². The van der Waals surface area contributed by atoms with Crippen LogP contribution in [0.15, 0.2) is 60.7 Å². The van der Waals surface area contributed by atoms with Crippen LogP contribution in [-0.2, 0) is 9.59 Å². The highest BCUT2D eigenvalue weighted by Gasteiger charge is 2.20. The summed E-state index contributed by atoms with van der Waals surface area (Å²) in [6.07, 6.45) is 4.76. The minimum atomic E-state index is -0.107. The molecule has 0 aliphatic heterocycles. The summed E-state index contributed by atoms with van der Waals surface area (Å²) in [6.45, 7) is 0.0473. The van der Waals surface area contributed by atoms with Gasteiger partial charge in [0.2, 0.25) is 11.8 Å². The van der Waals surface area contributed by atoms with Gasteiger partial charge in [0, 0.05) is 18.4 Å². The predicted octanol–water partition coefficient (Wildman–Crippen LogP) is 3.38. The van der Waals surface area contributed by atoms with Crippen LogP contribution in [0.1, 0.15) is 49.1 Å². The molecule has 0 bridgehead atoms. The molecule has 4 nitrogen and oxygen atoms in total. The molecule has 0 spiro atoms. The lowest BCUT2D eigenvalue weighted by molar-refractivity contribution is -0.126. The Morgan fingerprint density at radius 1 is 0.846 bits per heavy atom. The van der Waals surface area contributed by atoms with Gasteiger partial charge in [-0.3, -0.25) is 9.59 Å². The van der Waals surface area contributed by atoms with E-state index >= 15 is 0 Å². The monoisotopic (exact) mass is 350 g/mol. The first kappa shape index (κ1) is 18.2. The third-order valence-electron chi connectivity index (χ3n) is 4.96. The lowest BCUT2D eigenvalue weighted by Crippen LogP contribution is -2.41. The highest BCUT2D eigenvalue weighted by atomic mass is 16.2. The SMILES string of the molecule is O=C(CC(c1ccccc1)c1ccccc1)NCC(=O)NC1CCCC1. The third-order valence-corrected chi connectivity index (χ3v) is 4.96. The van der Waals surface area contributed by atoms with E-state index in [4.69, 9.17) is 0 Å². The van der Waals surface area contributed by atoms with Gasteiger partial charge < -0.3 is 10.6 Å². The minimum absolute atomic E-state index is 0.0182. The number of carbonyl (C=O) groups is 2. The molecular formula is C22H26N2O2. The van der Waals surface area contributed by atoms with Crippen molar-refractivity contribution in [1.29, 1.82) is 0 Å². The van der Waals surface area contributed by atoms with Crippen molar-refractivity contribution >= 4 is 11.8 Å². The molecule has 2 N–H and O–H groups in total. The van der Waals surface area contributed by atoms with Crippen LogP contribution in [0, 0.1) is 0 Å². The second kappa shape index (κ2) is 9.18. The second-order valence-electron chi connectivity index (χ2n) is 6.90. The Kier molecular flexibility index (Phi) is 6.42. The maximum Gasteiger partial charge on any atom is 0.239 e. The number of amides is 2. The van der Waals surface area contributed by atoms with Crippen molar-refractivity contribution in [2.75, 3.05) is 6.54 Å². The van der Waals surface area contributed by atoms with Gasteiger partial charge in [-0.2, -0.15) is 0 Å². The molecule has 136 valence electrons. The Labute approximate surface area is 155 Å². The van der Waals surface area contributed by atoms with Gasteiger partial charge in [-0.05, 0) is 24.0 Å². The van der Waals surface area contributed by atoms with E-state index in [9.17, 15) is 9.59 Å². The molecule has 2 amide bonds. The molecule has 1 fully saturated rings. The summed E-state index contributed by atoms with van der Waals surface area (Å²) in [5.74, 6) is -0.221. The molecule has 0 atom stereocenters. The molecule has 2 aromatic carbocycles. The molecule has 1 saturated carbocycles. The van der Waals surface area contributed by atoms with E-state index in [0.29, 0.717) is 6.42 Å². The van der Waals surface area contributed by atoms with Crippen molar-refractivity contribution in [3.63, 3.8) is 0 Å². The highest BCUT2D eigenvalue weighted by molar-refractivity contribution is 5.85. The number of carbonyl (C=O) groups excluding carboxylic acids is 2. The van der Waals surface area contributed by atoms with E-state index in [1.165, 1.54) is 12.8 Å². The smallest absolute Gasteiger partial charge is 0.239 e. The summed E-state index contributed by atoms with van der Waals surface area (Å²) < 4.78 is 0. The van der Waals surface area contributed by atoms with Crippen LogP contribution in [0.3, 0.4) is 0 Å². The minimum Gasteiger partial charge on any atom is -0.352 e. The van der Waals surface area contributed by atoms with E-state index in [2.05, 4.69) is 10.6 Å². The fourth-order valence-electron chi connectivity index (χ4n) is 3.58. The van der Waals surface area contributed by atoms with Crippen LogP contribution in [-0.4, -0.2) is 24.4 Å². The van der Waals surface area contributed by atoms with Crippen molar-refractivity contribution in [3.05, 3.63) is 71.8 Å². The standard InChI is InChI=1S/C22H26N2O2/c25-21(23-16-22(26)24-19-13-7-8-14-19)15-20(17-9-3-1-4-10-17)18-11-5-2-6-12-18/h1-6,9-12,19-20H,7-8,13-16H2,(H,23,25)(H,24,26). The van der Waals surface area contributed by atoms with Gasteiger partial charge in [0.15, 0.2) is 0 Å². The van der Waals surface area contributed by atoms with Crippen molar-refractivity contribution in [1.82, 2.24) is 10.6 Å². The Morgan fingerprint density at radius 2 is 1.38 bits per heavy atom. The molecule has 0 unspecified atom stereocenters. The first-order chi connectivity index (χ1) is 12.7. The number of hydrogen-bond donors (Lipinski definition) is 2. The number of benzene rings is 2. The summed E-state index contributed by atoms with van der Waals surface area (Å²) in [5, 5.41) is 5.77. The highest BCUT2D eigenvalue weighted by Crippen LogP contribution is 2.27. The Bertz CT molecular complexity index is 670. The molecule has 0 aromatic heterocycles. The Hall–Kier alpha value is -2.62. The number of rotatable bonds is 7. The maximum atomic E-state index is 12.5. The molecule has 26 heavy (non-hydrogen) atoms. The van der Waals surface area contributed by atoms with Crippen molar-refractivity contribution in [3.8, 4) is 0 Å². The van der Waals surface area contributed by atoms with E-state index in [0.717, 1.165) is 24.0 Å². The second-order valence-corrected chi connectivity index (χ2v) is 6.90. The van der Waals surface area contributed by atoms with E-state index < -0.39 is 0 Å². The molecular weight excluding hydrogens is 324 g/mol. The Morgan fingerprint density at radius 3 is 1.92 bits per heavy atom. The molecule has 0 saturated heterocycles. The van der Waals surface area contributed by atoms with Gasteiger partial charge in [0.05, 0.1) is 6.54 Å². The van der Waals surface area contributed by atoms with Crippen molar-refractivity contribution < 1.29 is 9.59 Å². The van der Waals surface area contributed by atoms with Crippen LogP contribution < -0.4 is 10.6 Å². The molecule has 1 aliphatic carbocycles. The Balaban J connectivity index is 1.58. The van der Waals surface area contributed by atoms with Gasteiger partial charge in [-0.1, -0.05) is 73.5 Å². The zero-order valence-corrected chi connectivity index (χ0v) is 15.0. The van der Waals surface area contributed by atoms with Crippen molar-refractivity contribution in [2.45, 2.75) is 44.1 Å². The van der Waals surface area contributed by atoms with Crippen molar-refractivity contribution in [2.24, 2.45) is 0 Å². The molecule has 1 aliphatic rings. The predicted molar refractivity (Wildman–Crippen MR) is 103 cm³/mol. The third kappa shape index (κ3) is 5.19. The zero-order chi connectivity index (χ0) is 18.2. The lowest BCUT2D eigenvalue weighted by atomic mass is 9.88. The fraction of sp³-hybridized carbons (Fsp3) is 0.364. The van der Waals surface area contributed by atoms with E-state index in [1.54, 1.807) is 0 Å². The first-order valence-corrected chi connectivity index (χ1v) is 9.38. The average molecular weight is 350 g/mol. The number of hydrogen-bond acceptors (Lipinski definition) is 2. The van der Waals surface area contributed by atoms with E-state index in [-0.39, 0.29) is 30.3 Å². The summed E-state index contributed by atoms with van der Waals surface area (Å²) >= 11 is 0. The van der Waals surface area contributed by atoms with Crippen LogP contribution in [0.2, 0.25) is 0 Å². The maximum absolute atomic E-state index is 12.5. The molecule has 0 heterocycles. The normalized spacial score (nSPS) is 14.3. The van der Waals surface area contributed by atoms with Gasteiger partial charge >= 0.3 is 0 Å². The van der Waals surface area contributed by atoms with E-state index in [1.807, 2.05) is 60.7 Å². The summed E-state index contributed by atoms with van der Waals surface area (Å²) in [7, 11) is 0. The van der Waals surface area contributed by atoms with Crippen LogP contribution in [0.25, 0.3) is 0 Å². The van der Waals surface area contributed by atoms with Crippen LogP contribution >= 0.6 is 0 Å².